The van der Waals surface area contributed by atoms with Crippen molar-refractivity contribution in [2.24, 2.45) is 11.7 Å². The summed E-state index contributed by atoms with van der Waals surface area (Å²) in [5.41, 5.74) is 5.55. The van der Waals surface area contributed by atoms with Crippen LogP contribution >= 0.6 is 0 Å². The van der Waals surface area contributed by atoms with Crippen LogP contribution in [0.15, 0.2) is 18.2 Å². The second-order valence-electron chi connectivity index (χ2n) is 4.50. The number of hydrogen-bond acceptors (Lipinski definition) is 5. The summed E-state index contributed by atoms with van der Waals surface area (Å²) < 4.78 is 4.62. The van der Waals surface area contributed by atoms with Crippen molar-refractivity contribution in [3.8, 4) is 5.75 Å². The summed E-state index contributed by atoms with van der Waals surface area (Å²) in [5, 5.41) is 9.45. The van der Waals surface area contributed by atoms with Crippen LogP contribution in [0.2, 0.25) is 0 Å². The van der Waals surface area contributed by atoms with Crippen molar-refractivity contribution < 1.29 is 24.2 Å². The zero-order valence-electron chi connectivity index (χ0n) is 10.8. The quantitative estimate of drug-likeness (QED) is 0.757. The van der Waals surface area contributed by atoms with E-state index < -0.39 is 17.8 Å². The fraction of sp³-hybridized carbons (Fsp3) is 0.308. The van der Waals surface area contributed by atoms with Gasteiger partial charge < -0.3 is 20.5 Å². The van der Waals surface area contributed by atoms with Gasteiger partial charge in [-0.1, -0.05) is 0 Å². The largest absolute Gasteiger partial charge is 0.508 e. The number of nitrogens with two attached hydrogens (primary N) is 1. The van der Waals surface area contributed by atoms with E-state index in [0.29, 0.717) is 5.69 Å². The standard InChI is InChI=1S/C13H14N2O5/c1-20-13(19)9-5-8(16)2-3-10(9)15-6-7(12(14)18)4-11(15)17/h2-3,5,7,16H,4,6H2,1H3,(H2,14,18). The molecule has 2 amide bonds. The number of esters is 1. The average molecular weight is 278 g/mol. The second kappa shape index (κ2) is 5.20. The molecule has 0 bridgehead atoms. The topological polar surface area (TPSA) is 110 Å². The Balaban J connectivity index is 2.40. The van der Waals surface area contributed by atoms with Crippen LogP contribution < -0.4 is 10.6 Å². The predicted molar refractivity (Wildman–Crippen MR) is 69.1 cm³/mol. The minimum Gasteiger partial charge on any atom is -0.508 e. The number of amides is 2. The van der Waals surface area contributed by atoms with E-state index in [1.165, 1.54) is 30.2 Å². The molecule has 1 atom stereocenters. The molecular formula is C13H14N2O5. The molecule has 0 saturated carbocycles. The maximum absolute atomic E-state index is 11.9. The number of hydrogen-bond donors (Lipinski definition) is 2. The van der Waals surface area contributed by atoms with Crippen molar-refractivity contribution in [3.63, 3.8) is 0 Å². The molecule has 20 heavy (non-hydrogen) atoms. The number of phenolic OH excluding ortho intramolecular Hbond substituents is 1. The molecule has 106 valence electrons. The molecule has 2 rings (SSSR count). The normalized spacial score (nSPS) is 18.1. The molecule has 1 aliphatic rings. The Labute approximate surface area is 114 Å². The maximum atomic E-state index is 11.9. The predicted octanol–water partition coefficient (Wildman–Crippen LogP) is 0.0170. The van der Waals surface area contributed by atoms with E-state index >= 15 is 0 Å². The number of carbonyl (C=O) groups excluding carboxylic acids is 3. The highest BCUT2D eigenvalue weighted by molar-refractivity contribution is 6.05. The molecule has 1 saturated heterocycles. The van der Waals surface area contributed by atoms with Crippen LogP contribution in [0.4, 0.5) is 5.69 Å². The molecule has 0 aliphatic carbocycles. The monoisotopic (exact) mass is 278 g/mol. The summed E-state index contributed by atoms with van der Waals surface area (Å²) in [6, 6.07) is 4.00. The van der Waals surface area contributed by atoms with Crippen molar-refractivity contribution in [1.82, 2.24) is 0 Å². The molecule has 0 aromatic heterocycles. The van der Waals surface area contributed by atoms with Gasteiger partial charge in [0.25, 0.3) is 0 Å². The summed E-state index contributed by atoms with van der Waals surface area (Å²) in [6.45, 7) is 0.114. The van der Waals surface area contributed by atoms with Gasteiger partial charge in [-0.15, -0.1) is 0 Å². The number of primary amides is 1. The van der Waals surface area contributed by atoms with E-state index in [4.69, 9.17) is 5.73 Å². The van der Waals surface area contributed by atoms with Crippen molar-refractivity contribution in [3.05, 3.63) is 23.8 Å². The number of phenols is 1. The number of rotatable bonds is 3. The number of benzene rings is 1. The van der Waals surface area contributed by atoms with Gasteiger partial charge in [-0.05, 0) is 18.2 Å². The van der Waals surface area contributed by atoms with E-state index in [1.807, 2.05) is 0 Å². The minimum atomic E-state index is -0.675. The maximum Gasteiger partial charge on any atom is 0.340 e. The van der Waals surface area contributed by atoms with Crippen molar-refractivity contribution in [2.75, 3.05) is 18.6 Å². The second-order valence-corrected chi connectivity index (χ2v) is 4.50. The number of methoxy groups -OCH3 is 1. The third kappa shape index (κ3) is 2.42. The Hall–Kier alpha value is -2.57. The Bertz CT molecular complexity index is 584. The van der Waals surface area contributed by atoms with Crippen molar-refractivity contribution in [1.29, 1.82) is 0 Å². The van der Waals surface area contributed by atoms with Crippen LogP contribution in [0, 0.1) is 5.92 Å². The molecule has 1 heterocycles. The Morgan fingerprint density at radius 3 is 2.70 bits per heavy atom. The summed E-state index contributed by atoms with van der Waals surface area (Å²) >= 11 is 0. The van der Waals surface area contributed by atoms with E-state index in [2.05, 4.69) is 4.74 Å². The SMILES string of the molecule is COC(=O)c1cc(O)ccc1N1CC(C(N)=O)CC1=O. The summed E-state index contributed by atoms with van der Waals surface area (Å²) in [7, 11) is 1.20. The van der Waals surface area contributed by atoms with E-state index in [9.17, 15) is 19.5 Å². The van der Waals surface area contributed by atoms with Gasteiger partial charge >= 0.3 is 5.97 Å². The first kappa shape index (κ1) is 13.9. The zero-order valence-corrected chi connectivity index (χ0v) is 10.8. The van der Waals surface area contributed by atoms with Gasteiger partial charge in [0.05, 0.1) is 24.3 Å². The highest BCUT2D eigenvalue weighted by atomic mass is 16.5. The Morgan fingerprint density at radius 1 is 1.45 bits per heavy atom. The number of ether oxygens (including phenoxy) is 1. The highest BCUT2D eigenvalue weighted by Crippen LogP contribution is 2.30. The van der Waals surface area contributed by atoms with Crippen LogP contribution in [0.3, 0.4) is 0 Å². The lowest BCUT2D eigenvalue weighted by atomic mass is 10.1. The first-order chi connectivity index (χ1) is 9.43. The first-order valence-corrected chi connectivity index (χ1v) is 5.95. The molecule has 1 fully saturated rings. The van der Waals surface area contributed by atoms with Crippen LogP contribution in [0.1, 0.15) is 16.8 Å². The van der Waals surface area contributed by atoms with Gasteiger partial charge in [0, 0.05) is 13.0 Å². The Morgan fingerprint density at radius 2 is 2.15 bits per heavy atom. The van der Waals surface area contributed by atoms with Gasteiger partial charge in [0.2, 0.25) is 11.8 Å². The van der Waals surface area contributed by atoms with Gasteiger partial charge in [-0.3, -0.25) is 9.59 Å². The lowest BCUT2D eigenvalue weighted by Crippen LogP contribution is -2.29. The molecule has 0 radical (unpaired) electrons. The zero-order chi connectivity index (χ0) is 14.9. The molecule has 0 spiro atoms. The van der Waals surface area contributed by atoms with E-state index in [0.717, 1.165) is 0 Å². The van der Waals surface area contributed by atoms with Crippen molar-refractivity contribution >= 4 is 23.5 Å². The summed E-state index contributed by atoms with van der Waals surface area (Å²) in [4.78, 5) is 36.1. The fourth-order valence-electron chi connectivity index (χ4n) is 2.16. The molecule has 3 N–H and O–H groups in total. The smallest absolute Gasteiger partial charge is 0.340 e. The van der Waals surface area contributed by atoms with Gasteiger partial charge in [-0.25, -0.2) is 4.79 Å². The summed E-state index contributed by atoms with van der Waals surface area (Å²) in [5.74, 6) is -2.23. The van der Waals surface area contributed by atoms with Crippen LogP contribution in [-0.2, 0) is 14.3 Å². The molecule has 1 aromatic rings. The van der Waals surface area contributed by atoms with Gasteiger partial charge in [0.15, 0.2) is 0 Å². The number of aromatic hydroxyl groups is 1. The minimum absolute atomic E-state index is 0.0107. The number of carbonyl (C=O) groups is 3. The molecule has 1 aromatic carbocycles. The van der Waals surface area contributed by atoms with Crippen LogP contribution in [0.5, 0.6) is 5.75 Å². The van der Waals surface area contributed by atoms with Crippen LogP contribution in [-0.4, -0.2) is 36.5 Å². The third-order valence-corrected chi connectivity index (χ3v) is 3.20. The summed E-state index contributed by atoms with van der Waals surface area (Å²) in [6.07, 6.45) is 0.0107. The molecule has 7 heteroatoms. The lowest BCUT2D eigenvalue weighted by molar-refractivity contribution is -0.123. The fourth-order valence-corrected chi connectivity index (χ4v) is 2.16. The van der Waals surface area contributed by atoms with Gasteiger partial charge in [-0.2, -0.15) is 0 Å². The van der Waals surface area contributed by atoms with E-state index in [1.54, 1.807) is 0 Å². The van der Waals surface area contributed by atoms with Crippen LogP contribution in [0.25, 0.3) is 0 Å². The van der Waals surface area contributed by atoms with Gasteiger partial charge in [0.1, 0.15) is 5.75 Å². The molecule has 1 aliphatic heterocycles. The molecular weight excluding hydrogens is 264 g/mol. The number of anilines is 1. The lowest BCUT2D eigenvalue weighted by Gasteiger charge is -2.19. The average Bonchev–Trinajstić information content (AvgIpc) is 2.80. The van der Waals surface area contributed by atoms with E-state index in [-0.39, 0.29) is 30.2 Å². The van der Waals surface area contributed by atoms with Crippen molar-refractivity contribution in [2.45, 2.75) is 6.42 Å². The third-order valence-electron chi connectivity index (χ3n) is 3.20. The highest BCUT2D eigenvalue weighted by Gasteiger charge is 2.35. The first-order valence-electron chi connectivity index (χ1n) is 5.95. The Kier molecular flexibility index (Phi) is 3.60. The molecule has 1 unspecified atom stereocenters. The molecule has 7 nitrogen and oxygen atoms in total. The number of nitrogens with zero attached hydrogens (tertiary/aromatic N) is 1.